The van der Waals surface area contributed by atoms with Crippen LogP contribution in [0.3, 0.4) is 0 Å². The highest BCUT2D eigenvalue weighted by Crippen LogP contribution is 2.25. The lowest BCUT2D eigenvalue weighted by atomic mass is 10.3. The Morgan fingerprint density at radius 2 is 1.75 bits per heavy atom. The number of carboxylic acids is 1. The van der Waals surface area contributed by atoms with E-state index in [9.17, 15) is 9.59 Å². The summed E-state index contributed by atoms with van der Waals surface area (Å²) in [6.45, 7) is -0.644. The highest BCUT2D eigenvalue weighted by Gasteiger charge is 2.08. The molecule has 0 unspecified atom stereocenters. The maximum absolute atomic E-state index is 12.0. The SMILES string of the molecule is COc1ccccc1OCC(=O)Nc1cccc(OCC(=O)O)c1. The topological polar surface area (TPSA) is 94.1 Å². The number of benzene rings is 2. The van der Waals surface area contributed by atoms with E-state index in [0.717, 1.165) is 0 Å². The van der Waals surface area contributed by atoms with Crippen molar-refractivity contribution in [2.75, 3.05) is 25.6 Å². The summed E-state index contributed by atoms with van der Waals surface area (Å²) < 4.78 is 15.6. The van der Waals surface area contributed by atoms with E-state index in [1.807, 2.05) is 0 Å². The minimum atomic E-state index is -1.07. The molecule has 0 aliphatic rings. The largest absolute Gasteiger partial charge is 0.493 e. The number of carbonyl (C=O) groups is 2. The Bertz CT molecular complexity index is 716. The van der Waals surface area contributed by atoms with Crippen LogP contribution < -0.4 is 19.5 Å². The van der Waals surface area contributed by atoms with Crippen molar-refractivity contribution in [2.45, 2.75) is 0 Å². The van der Waals surface area contributed by atoms with Gasteiger partial charge < -0.3 is 24.6 Å². The molecule has 1 amide bonds. The van der Waals surface area contributed by atoms with Crippen LogP contribution >= 0.6 is 0 Å². The Hall–Kier alpha value is -3.22. The predicted octanol–water partition coefficient (Wildman–Crippen LogP) is 2.18. The lowest BCUT2D eigenvalue weighted by Gasteiger charge is -2.11. The highest BCUT2D eigenvalue weighted by molar-refractivity contribution is 5.92. The fraction of sp³-hybridized carbons (Fsp3) is 0.176. The van der Waals surface area contributed by atoms with Gasteiger partial charge in [-0.3, -0.25) is 4.79 Å². The van der Waals surface area contributed by atoms with E-state index >= 15 is 0 Å². The lowest BCUT2D eigenvalue weighted by Crippen LogP contribution is -2.20. The molecule has 0 radical (unpaired) electrons. The van der Waals surface area contributed by atoms with Gasteiger partial charge in [0, 0.05) is 11.8 Å². The molecule has 0 saturated carbocycles. The van der Waals surface area contributed by atoms with E-state index in [-0.39, 0.29) is 12.5 Å². The smallest absolute Gasteiger partial charge is 0.341 e. The Morgan fingerprint density at radius 3 is 2.46 bits per heavy atom. The van der Waals surface area contributed by atoms with Crippen LogP contribution in [0.25, 0.3) is 0 Å². The van der Waals surface area contributed by atoms with Gasteiger partial charge in [0.25, 0.3) is 5.91 Å². The zero-order valence-electron chi connectivity index (χ0n) is 13.0. The minimum absolute atomic E-state index is 0.194. The van der Waals surface area contributed by atoms with E-state index in [1.165, 1.54) is 13.2 Å². The van der Waals surface area contributed by atoms with E-state index in [4.69, 9.17) is 19.3 Å². The number of hydrogen-bond donors (Lipinski definition) is 2. The van der Waals surface area contributed by atoms with Crippen LogP contribution in [0.2, 0.25) is 0 Å². The van der Waals surface area contributed by atoms with Crippen LogP contribution in [0.5, 0.6) is 17.2 Å². The summed E-state index contributed by atoms with van der Waals surface area (Å²) in [6, 6.07) is 13.5. The Kier molecular flexibility index (Phi) is 6.01. The summed E-state index contributed by atoms with van der Waals surface area (Å²) in [5, 5.41) is 11.2. The molecule has 0 atom stereocenters. The van der Waals surface area contributed by atoms with Gasteiger partial charge in [-0.05, 0) is 24.3 Å². The number of amides is 1. The molecule has 24 heavy (non-hydrogen) atoms. The number of aliphatic carboxylic acids is 1. The monoisotopic (exact) mass is 331 g/mol. The van der Waals surface area contributed by atoms with E-state index in [0.29, 0.717) is 22.9 Å². The number of rotatable bonds is 8. The minimum Gasteiger partial charge on any atom is -0.493 e. The quantitative estimate of drug-likeness (QED) is 0.770. The van der Waals surface area contributed by atoms with Crippen LogP contribution in [0.1, 0.15) is 0 Å². The van der Waals surface area contributed by atoms with Crippen molar-refractivity contribution in [1.82, 2.24) is 0 Å². The first kappa shape index (κ1) is 17.1. The van der Waals surface area contributed by atoms with Gasteiger partial charge >= 0.3 is 5.97 Å². The molecule has 2 aromatic carbocycles. The summed E-state index contributed by atoms with van der Waals surface area (Å²) in [4.78, 5) is 22.4. The Balaban J connectivity index is 1.90. The molecule has 0 aliphatic carbocycles. The van der Waals surface area contributed by atoms with Gasteiger partial charge in [0.15, 0.2) is 24.7 Å². The summed E-state index contributed by atoms with van der Waals surface area (Å²) in [7, 11) is 1.52. The van der Waals surface area contributed by atoms with Gasteiger partial charge in [-0.1, -0.05) is 18.2 Å². The number of para-hydroxylation sites is 2. The number of anilines is 1. The molecule has 126 valence electrons. The van der Waals surface area contributed by atoms with Gasteiger partial charge in [-0.15, -0.1) is 0 Å². The van der Waals surface area contributed by atoms with E-state index < -0.39 is 12.6 Å². The molecule has 0 fully saturated rings. The molecule has 0 bridgehead atoms. The van der Waals surface area contributed by atoms with Crippen LogP contribution in [0.4, 0.5) is 5.69 Å². The second-order valence-electron chi connectivity index (χ2n) is 4.70. The molecule has 0 heterocycles. The molecular weight excluding hydrogens is 314 g/mol. The van der Waals surface area contributed by atoms with Crippen molar-refractivity contribution < 1.29 is 28.9 Å². The molecule has 0 saturated heterocycles. The highest BCUT2D eigenvalue weighted by atomic mass is 16.5. The average molecular weight is 331 g/mol. The van der Waals surface area contributed by atoms with Crippen molar-refractivity contribution >= 4 is 17.6 Å². The standard InChI is InChI=1S/C17H17NO6/c1-22-14-7-2-3-8-15(14)24-10-16(19)18-12-5-4-6-13(9-12)23-11-17(20)21/h2-9H,10-11H2,1H3,(H,18,19)(H,20,21). The van der Waals surface area contributed by atoms with Crippen molar-refractivity contribution in [3.8, 4) is 17.2 Å². The fourth-order valence-corrected chi connectivity index (χ4v) is 1.89. The number of nitrogens with one attached hydrogen (secondary N) is 1. The van der Waals surface area contributed by atoms with Gasteiger partial charge in [-0.25, -0.2) is 4.79 Å². The number of carboxylic acid groups (broad SMARTS) is 1. The third-order valence-electron chi connectivity index (χ3n) is 2.91. The van der Waals surface area contributed by atoms with Crippen LogP contribution in [0, 0.1) is 0 Å². The zero-order chi connectivity index (χ0) is 17.4. The molecular formula is C17H17NO6. The zero-order valence-corrected chi connectivity index (χ0v) is 13.0. The molecule has 0 aromatic heterocycles. The third kappa shape index (κ3) is 5.20. The summed E-state index contributed by atoms with van der Waals surface area (Å²) in [5.41, 5.74) is 0.478. The average Bonchev–Trinajstić information content (AvgIpc) is 2.58. The van der Waals surface area contributed by atoms with Gasteiger partial charge in [0.2, 0.25) is 0 Å². The summed E-state index contributed by atoms with van der Waals surface area (Å²) in [5.74, 6) is -0.0881. The number of ether oxygens (including phenoxy) is 3. The van der Waals surface area contributed by atoms with Gasteiger partial charge in [0.05, 0.1) is 7.11 Å². The second kappa shape index (κ2) is 8.42. The lowest BCUT2D eigenvalue weighted by molar-refractivity contribution is -0.139. The molecule has 0 spiro atoms. The number of hydrogen-bond acceptors (Lipinski definition) is 5. The maximum atomic E-state index is 12.0. The molecule has 7 nitrogen and oxygen atoms in total. The van der Waals surface area contributed by atoms with Crippen LogP contribution in [-0.2, 0) is 9.59 Å². The first-order chi connectivity index (χ1) is 11.6. The Labute approximate surface area is 138 Å². The van der Waals surface area contributed by atoms with Crippen molar-refractivity contribution in [3.63, 3.8) is 0 Å². The maximum Gasteiger partial charge on any atom is 0.341 e. The number of methoxy groups -OCH3 is 1. The number of carbonyl (C=O) groups excluding carboxylic acids is 1. The van der Waals surface area contributed by atoms with Crippen molar-refractivity contribution in [3.05, 3.63) is 48.5 Å². The van der Waals surface area contributed by atoms with Crippen molar-refractivity contribution in [1.29, 1.82) is 0 Å². The summed E-state index contributed by atoms with van der Waals surface area (Å²) in [6.07, 6.45) is 0. The second-order valence-corrected chi connectivity index (χ2v) is 4.70. The van der Waals surface area contributed by atoms with E-state index in [2.05, 4.69) is 5.32 Å². The van der Waals surface area contributed by atoms with Crippen LogP contribution in [0.15, 0.2) is 48.5 Å². The van der Waals surface area contributed by atoms with Gasteiger partial charge in [-0.2, -0.15) is 0 Å². The molecule has 0 aliphatic heterocycles. The van der Waals surface area contributed by atoms with Gasteiger partial charge in [0.1, 0.15) is 5.75 Å². The van der Waals surface area contributed by atoms with E-state index in [1.54, 1.807) is 42.5 Å². The molecule has 7 heteroatoms. The first-order valence-corrected chi connectivity index (χ1v) is 7.09. The molecule has 2 N–H and O–H groups in total. The Morgan fingerprint density at radius 1 is 1.00 bits per heavy atom. The summed E-state index contributed by atoms with van der Waals surface area (Å²) >= 11 is 0. The van der Waals surface area contributed by atoms with Crippen molar-refractivity contribution in [2.24, 2.45) is 0 Å². The van der Waals surface area contributed by atoms with Crippen LogP contribution in [-0.4, -0.2) is 37.3 Å². The first-order valence-electron chi connectivity index (χ1n) is 7.09. The molecule has 2 rings (SSSR count). The predicted molar refractivity (Wildman–Crippen MR) is 86.7 cm³/mol. The normalized spacial score (nSPS) is 9.88. The fourth-order valence-electron chi connectivity index (χ4n) is 1.89. The molecule has 2 aromatic rings. The third-order valence-corrected chi connectivity index (χ3v) is 2.91.